The van der Waals surface area contributed by atoms with Gasteiger partial charge in [0, 0.05) is 11.6 Å². The Morgan fingerprint density at radius 3 is 2.50 bits per heavy atom. The molecule has 5 heteroatoms. The van der Waals surface area contributed by atoms with Crippen molar-refractivity contribution in [3.63, 3.8) is 0 Å². The Kier molecular flexibility index (Phi) is 4.00. The number of rotatable bonds is 3. The molecule has 2 aromatic rings. The molecule has 2 aliphatic carbocycles. The molecule has 0 radical (unpaired) electrons. The molecule has 5 nitrogen and oxygen atoms in total. The maximum Gasteiger partial charge on any atom is 0.328 e. The summed E-state index contributed by atoms with van der Waals surface area (Å²) in [6, 6.07) is 9.58. The molecule has 1 N–H and O–H groups in total. The fourth-order valence-corrected chi connectivity index (χ4v) is 3.99. The van der Waals surface area contributed by atoms with E-state index in [1.54, 1.807) is 0 Å². The van der Waals surface area contributed by atoms with E-state index in [4.69, 9.17) is 4.74 Å². The zero-order chi connectivity index (χ0) is 16.5. The quantitative estimate of drug-likeness (QED) is 0.942. The van der Waals surface area contributed by atoms with Gasteiger partial charge in [-0.3, -0.25) is 9.36 Å². The monoisotopic (exact) mass is 326 g/mol. The van der Waals surface area contributed by atoms with Crippen molar-refractivity contribution in [3.8, 4) is 5.75 Å². The van der Waals surface area contributed by atoms with E-state index in [9.17, 15) is 9.59 Å². The van der Waals surface area contributed by atoms with Gasteiger partial charge in [-0.05, 0) is 37.8 Å². The van der Waals surface area contributed by atoms with Crippen molar-refractivity contribution in [1.29, 1.82) is 0 Å². The van der Waals surface area contributed by atoms with E-state index in [2.05, 4.69) is 4.98 Å². The zero-order valence-electron chi connectivity index (χ0n) is 13.7. The van der Waals surface area contributed by atoms with Crippen molar-refractivity contribution in [1.82, 2.24) is 9.55 Å². The van der Waals surface area contributed by atoms with Gasteiger partial charge in [0.2, 0.25) is 0 Å². The SMILES string of the molecule is O=c1[nH]c2c(c(=O)n1C1CCCCC1)CC[C@H]2Oc1ccccc1. The molecule has 24 heavy (non-hydrogen) atoms. The summed E-state index contributed by atoms with van der Waals surface area (Å²) < 4.78 is 7.44. The number of hydrogen-bond donors (Lipinski definition) is 1. The van der Waals surface area contributed by atoms with Crippen LogP contribution in [0.25, 0.3) is 0 Å². The van der Waals surface area contributed by atoms with Crippen LogP contribution in [-0.4, -0.2) is 9.55 Å². The number of fused-ring (bicyclic) bond motifs is 1. The van der Waals surface area contributed by atoms with E-state index >= 15 is 0 Å². The average Bonchev–Trinajstić information content (AvgIpc) is 3.00. The third-order valence-corrected chi connectivity index (χ3v) is 5.20. The molecule has 1 aromatic carbocycles. The summed E-state index contributed by atoms with van der Waals surface area (Å²) >= 11 is 0. The number of nitrogens with one attached hydrogen (secondary N) is 1. The first-order chi connectivity index (χ1) is 11.7. The fraction of sp³-hybridized carbons (Fsp3) is 0.474. The first-order valence-corrected chi connectivity index (χ1v) is 8.83. The van der Waals surface area contributed by atoms with Gasteiger partial charge in [-0.2, -0.15) is 0 Å². The lowest BCUT2D eigenvalue weighted by molar-refractivity contribution is 0.202. The highest BCUT2D eigenvalue weighted by atomic mass is 16.5. The molecule has 1 atom stereocenters. The molecule has 2 aliphatic rings. The highest BCUT2D eigenvalue weighted by Gasteiger charge is 2.31. The average molecular weight is 326 g/mol. The second-order valence-corrected chi connectivity index (χ2v) is 6.75. The lowest BCUT2D eigenvalue weighted by atomic mass is 9.95. The summed E-state index contributed by atoms with van der Waals surface area (Å²) in [5.74, 6) is 0.757. The molecule has 1 saturated carbocycles. The third kappa shape index (κ3) is 2.68. The Labute approximate surface area is 140 Å². The highest BCUT2D eigenvalue weighted by Crippen LogP contribution is 2.32. The van der Waals surface area contributed by atoms with E-state index in [0.717, 1.165) is 43.4 Å². The van der Waals surface area contributed by atoms with E-state index in [0.29, 0.717) is 12.1 Å². The molecule has 0 amide bonds. The summed E-state index contributed by atoms with van der Waals surface area (Å²) in [5.41, 5.74) is 0.996. The molecule has 1 fully saturated rings. The van der Waals surface area contributed by atoms with Crippen molar-refractivity contribution < 1.29 is 4.74 Å². The molecule has 0 aliphatic heterocycles. The summed E-state index contributed by atoms with van der Waals surface area (Å²) in [4.78, 5) is 28.4. The molecule has 0 spiro atoms. The lowest BCUT2D eigenvalue weighted by Crippen LogP contribution is -2.41. The van der Waals surface area contributed by atoms with E-state index in [1.807, 2.05) is 30.3 Å². The number of para-hydroxylation sites is 1. The third-order valence-electron chi connectivity index (χ3n) is 5.20. The number of ether oxygens (including phenoxy) is 1. The summed E-state index contributed by atoms with van der Waals surface area (Å²) in [5, 5.41) is 0. The van der Waals surface area contributed by atoms with Crippen LogP contribution in [0.15, 0.2) is 39.9 Å². The smallest absolute Gasteiger partial charge is 0.328 e. The summed E-state index contributed by atoms with van der Waals surface area (Å²) in [7, 11) is 0. The normalized spacial score (nSPS) is 20.8. The molecular formula is C19H22N2O3. The molecule has 0 unspecified atom stereocenters. The van der Waals surface area contributed by atoms with Gasteiger partial charge >= 0.3 is 5.69 Å². The van der Waals surface area contributed by atoms with Gasteiger partial charge in [-0.25, -0.2) is 4.79 Å². The first kappa shape index (κ1) is 15.2. The van der Waals surface area contributed by atoms with Gasteiger partial charge in [0.1, 0.15) is 11.9 Å². The van der Waals surface area contributed by atoms with E-state index in [1.165, 1.54) is 11.0 Å². The minimum absolute atomic E-state index is 0.0504. The second-order valence-electron chi connectivity index (χ2n) is 6.75. The molecule has 126 valence electrons. The van der Waals surface area contributed by atoms with E-state index < -0.39 is 0 Å². The molecule has 1 heterocycles. The van der Waals surface area contributed by atoms with Crippen LogP contribution in [0.5, 0.6) is 5.75 Å². The maximum atomic E-state index is 12.9. The largest absolute Gasteiger partial charge is 0.484 e. The number of H-pyrrole nitrogens is 1. The zero-order valence-corrected chi connectivity index (χ0v) is 13.7. The van der Waals surface area contributed by atoms with Crippen LogP contribution in [0.2, 0.25) is 0 Å². The van der Waals surface area contributed by atoms with Crippen LogP contribution < -0.4 is 16.0 Å². The topological polar surface area (TPSA) is 64.1 Å². The van der Waals surface area contributed by atoms with Crippen LogP contribution in [0.3, 0.4) is 0 Å². The molecular weight excluding hydrogens is 304 g/mol. The fourth-order valence-electron chi connectivity index (χ4n) is 3.99. The van der Waals surface area contributed by atoms with Crippen molar-refractivity contribution in [2.75, 3.05) is 0 Å². The second kappa shape index (κ2) is 6.30. The molecule has 1 aromatic heterocycles. The number of nitrogens with zero attached hydrogens (tertiary/aromatic N) is 1. The van der Waals surface area contributed by atoms with Crippen molar-refractivity contribution in [2.45, 2.75) is 57.1 Å². The van der Waals surface area contributed by atoms with Crippen molar-refractivity contribution in [3.05, 3.63) is 62.4 Å². The summed E-state index contributed by atoms with van der Waals surface area (Å²) in [6.45, 7) is 0. The van der Waals surface area contributed by atoms with Crippen molar-refractivity contribution in [2.24, 2.45) is 0 Å². The van der Waals surface area contributed by atoms with Crippen LogP contribution in [0.1, 0.15) is 61.9 Å². The Balaban J connectivity index is 1.68. The maximum absolute atomic E-state index is 12.9. The van der Waals surface area contributed by atoms with E-state index in [-0.39, 0.29) is 23.4 Å². The van der Waals surface area contributed by atoms with Gasteiger partial charge in [-0.1, -0.05) is 37.5 Å². The standard InChI is InChI=1S/C19H22N2O3/c22-18-15-11-12-16(24-14-9-5-2-6-10-14)17(15)20-19(23)21(18)13-7-3-1-4-8-13/h2,5-6,9-10,13,16H,1,3-4,7-8,11-12H2,(H,20,23)/t16-/m1/s1. The van der Waals surface area contributed by atoms with Gasteiger partial charge in [0.15, 0.2) is 0 Å². The van der Waals surface area contributed by atoms with Crippen molar-refractivity contribution >= 4 is 0 Å². The Bertz CT molecular complexity index is 832. The lowest BCUT2D eigenvalue weighted by Gasteiger charge is -2.23. The Morgan fingerprint density at radius 1 is 1.00 bits per heavy atom. The predicted octanol–water partition coefficient (Wildman–Crippen LogP) is 3.11. The molecule has 0 bridgehead atoms. The molecule has 0 saturated heterocycles. The minimum Gasteiger partial charge on any atom is -0.484 e. The van der Waals surface area contributed by atoms with Crippen LogP contribution in [0, 0.1) is 0 Å². The van der Waals surface area contributed by atoms with Crippen LogP contribution in [0.4, 0.5) is 0 Å². The number of hydrogen-bond acceptors (Lipinski definition) is 3. The minimum atomic E-state index is -0.283. The predicted molar refractivity (Wildman–Crippen MR) is 91.6 cm³/mol. The van der Waals surface area contributed by atoms with Gasteiger partial charge in [0.25, 0.3) is 5.56 Å². The highest BCUT2D eigenvalue weighted by molar-refractivity contribution is 5.28. The summed E-state index contributed by atoms with van der Waals surface area (Å²) in [6.07, 6.45) is 6.36. The van der Waals surface area contributed by atoms with Crippen LogP contribution >= 0.6 is 0 Å². The van der Waals surface area contributed by atoms with Gasteiger partial charge < -0.3 is 9.72 Å². The van der Waals surface area contributed by atoms with Gasteiger partial charge in [-0.15, -0.1) is 0 Å². The number of aromatic nitrogens is 2. The Morgan fingerprint density at radius 2 is 1.75 bits per heavy atom. The Hall–Kier alpha value is -2.30. The number of benzene rings is 1. The van der Waals surface area contributed by atoms with Crippen LogP contribution in [-0.2, 0) is 6.42 Å². The molecule has 4 rings (SSSR count). The number of aromatic amines is 1. The first-order valence-electron chi connectivity index (χ1n) is 8.83. The van der Waals surface area contributed by atoms with Gasteiger partial charge in [0.05, 0.1) is 5.69 Å².